The van der Waals surface area contributed by atoms with Crippen molar-refractivity contribution in [2.24, 2.45) is 7.05 Å². The molecule has 0 N–H and O–H groups in total. The van der Waals surface area contributed by atoms with E-state index in [1.54, 1.807) is 27.7 Å². The van der Waals surface area contributed by atoms with Crippen LogP contribution in [-0.2, 0) is 23.0 Å². The van der Waals surface area contributed by atoms with E-state index in [0.29, 0.717) is 11.1 Å². The Morgan fingerprint density at radius 1 is 0.886 bits per heavy atom. The smallest absolute Gasteiger partial charge is 0.162 e. The van der Waals surface area contributed by atoms with Gasteiger partial charge in [0.15, 0.2) is 5.78 Å². The highest BCUT2D eigenvalue weighted by molar-refractivity contribution is 5.87. The largest absolute Gasteiger partial charge is 0.377 e. The molecule has 0 amide bonds. The Bertz CT molecular complexity index is 1550. The number of halogens is 2. The molecular formula is C27H22F2N4O2. The third-order valence-electron chi connectivity index (χ3n) is 5.81. The highest BCUT2D eigenvalue weighted by atomic mass is 19.1. The van der Waals surface area contributed by atoms with Crippen LogP contribution in [0.2, 0.25) is 0 Å². The first kappa shape index (κ1) is 22.6. The number of nitrogens with zero attached hydrogens (tertiary/aromatic N) is 4. The third-order valence-corrected chi connectivity index (χ3v) is 5.81. The van der Waals surface area contributed by atoms with Crippen molar-refractivity contribution in [3.63, 3.8) is 0 Å². The molecule has 176 valence electrons. The van der Waals surface area contributed by atoms with Gasteiger partial charge >= 0.3 is 0 Å². The van der Waals surface area contributed by atoms with Crippen LogP contribution in [0.4, 0.5) is 8.78 Å². The number of benzene rings is 2. The fourth-order valence-electron chi connectivity index (χ4n) is 4.22. The van der Waals surface area contributed by atoms with E-state index in [0.717, 1.165) is 33.8 Å². The Balaban J connectivity index is 1.61. The maximum absolute atomic E-state index is 14.6. The maximum atomic E-state index is 14.6. The molecule has 3 aromatic heterocycles. The second-order valence-electron chi connectivity index (χ2n) is 8.40. The van der Waals surface area contributed by atoms with Crippen molar-refractivity contribution in [3.05, 3.63) is 90.5 Å². The van der Waals surface area contributed by atoms with Crippen LogP contribution >= 0.6 is 0 Å². The van der Waals surface area contributed by atoms with Gasteiger partial charge in [0.2, 0.25) is 0 Å². The van der Waals surface area contributed by atoms with E-state index in [4.69, 9.17) is 4.74 Å². The number of hydrogen-bond donors (Lipinski definition) is 0. The van der Waals surface area contributed by atoms with Gasteiger partial charge in [0.05, 0.1) is 17.9 Å². The van der Waals surface area contributed by atoms with Crippen LogP contribution in [0.5, 0.6) is 0 Å². The van der Waals surface area contributed by atoms with Gasteiger partial charge in [0.25, 0.3) is 0 Å². The number of ether oxygens (including phenoxy) is 1. The van der Waals surface area contributed by atoms with Crippen molar-refractivity contribution in [1.29, 1.82) is 0 Å². The van der Waals surface area contributed by atoms with E-state index in [9.17, 15) is 13.6 Å². The summed E-state index contributed by atoms with van der Waals surface area (Å²) >= 11 is 0. The third kappa shape index (κ3) is 4.61. The zero-order chi connectivity index (χ0) is 24.5. The first-order chi connectivity index (χ1) is 16.9. The number of methoxy groups -OCH3 is 1. The minimum atomic E-state index is -0.669. The molecule has 0 atom stereocenters. The van der Waals surface area contributed by atoms with Crippen LogP contribution in [0.25, 0.3) is 38.9 Å². The number of carbonyl (C=O) groups is 1. The summed E-state index contributed by atoms with van der Waals surface area (Å²) in [4.78, 5) is 12.3. The Labute approximate surface area is 200 Å². The number of aryl methyl sites for hydroxylation is 1. The highest BCUT2D eigenvalue weighted by Gasteiger charge is 2.15. The lowest BCUT2D eigenvalue weighted by atomic mass is 9.94. The van der Waals surface area contributed by atoms with Gasteiger partial charge in [0.1, 0.15) is 18.2 Å². The van der Waals surface area contributed by atoms with Crippen molar-refractivity contribution in [2.75, 3.05) is 13.7 Å². The average molecular weight is 472 g/mol. The van der Waals surface area contributed by atoms with Crippen LogP contribution in [0.15, 0.2) is 73.3 Å². The van der Waals surface area contributed by atoms with E-state index in [1.807, 2.05) is 43.7 Å². The van der Waals surface area contributed by atoms with Gasteiger partial charge in [-0.25, -0.2) is 13.3 Å². The molecule has 2 aromatic carbocycles. The molecular weight excluding hydrogens is 450 g/mol. The molecule has 0 aliphatic carbocycles. The summed E-state index contributed by atoms with van der Waals surface area (Å²) in [6.45, 7) is -0.0156. The molecule has 35 heavy (non-hydrogen) atoms. The lowest BCUT2D eigenvalue weighted by Crippen LogP contribution is -2.09. The first-order valence-corrected chi connectivity index (χ1v) is 11.0. The quantitative estimate of drug-likeness (QED) is 0.331. The van der Waals surface area contributed by atoms with Crippen LogP contribution in [0, 0.1) is 11.6 Å². The van der Waals surface area contributed by atoms with Gasteiger partial charge in [0, 0.05) is 61.3 Å². The molecule has 0 aliphatic rings. The molecule has 0 unspecified atom stereocenters. The Morgan fingerprint density at radius 2 is 1.69 bits per heavy atom. The van der Waals surface area contributed by atoms with Gasteiger partial charge in [-0.2, -0.15) is 10.2 Å². The molecule has 5 rings (SSSR count). The number of aromatic nitrogens is 4. The first-order valence-electron chi connectivity index (χ1n) is 11.0. The fourth-order valence-corrected chi connectivity index (χ4v) is 4.22. The Hall–Kier alpha value is -4.17. The van der Waals surface area contributed by atoms with Gasteiger partial charge in [-0.05, 0) is 41.0 Å². The van der Waals surface area contributed by atoms with E-state index in [1.165, 1.54) is 19.2 Å². The Kier molecular flexibility index (Phi) is 5.96. The van der Waals surface area contributed by atoms with Crippen molar-refractivity contribution < 1.29 is 18.3 Å². The van der Waals surface area contributed by atoms with Gasteiger partial charge < -0.3 is 4.74 Å². The fraction of sp³-hybridized carbons (Fsp3) is 0.148. The molecule has 0 saturated heterocycles. The Morgan fingerprint density at radius 3 is 2.40 bits per heavy atom. The molecule has 0 aliphatic heterocycles. The normalized spacial score (nSPS) is 11.3. The monoisotopic (exact) mass is 472 g/mol. The summed E-state index contributed by atoms with van der Waals surface area (Å²) in [7, 11) is 3.33. The van der Waals surface area contributed by atoms with E-state index in [2.05, 4.69) is 10.2 Å². The lowest BCUT2D eigenvalue weighted by molar-refractivity contribution is -0.121. The van der Waals surface area contributed by atoms with Gasteiger partial charge in [-0.15, -0.1) is 0 Å². The van der Waals surface area contributed by atoms with Gasteiger partial charge in [-0.1, -0.05) is 18.2 Å². The molecule has 5 aromatic rings. The van der Waals surface area contributed by atoms with Crippen molar-refractivity contribution in [1.82, 2.24) is 19.4 Å². The van der Waals surface area contributed by atoms with Crippen molar-refractivity contribution >= 4 is 11.3 Å². The van der Waals surface area contributed by atoms with Crippen LogP contribution < -0.4 is 0 Å². The maximum Gasteiger partial charge on any atom is 0.162 e. The van der Waals surface area contributed by atoms with E-state index in [-0.39, 0.29) is 24.4 Å². The summed E-state index contributed by atoms with van der Waals surface area (Å²) in [5, 5.41) is 8.74. The number of ketones is 1. The summed E-state index contributed by atoms with van der Waals surface area (Å²) < 4.78 is 36.6. The van der Waals surface area contributed by atoms with Crippen LogP contribution in [0.1, 0.15) is 5.56 Å². The lowest BCUT2D eigenvalue weighted by Gasteiger charge is -2.11. The molecule has 0 saturated carbocycles. The SMILES string of the molecule is COCC(=O)Cc1cc(-c2ccc(F)cc2F)cc(-c2cnn3cc(-c4cnn(C)c4)ccc23)c1. The van der Waals surface area contributed by atoms with E-state index >= 15 is 0 Å². The number of carbonyl (C=O) groups excluding carboxylic acids is 1. The number of pyridine rings is 1. The van der Waals surface area contributed by atoms with Crippen molar-refractivity contribution in [3.8, 4) is 33.4 Å². The molecule has 3 heterocycles. The molecule has 0 bridgehead atoms. The minimum absolute atomic E-state index is 0.0156. The second-order valence-corrected chi connectivity index (χ2v) is 8.40. The average Bonchev–Trinajstić information content (AvgIpc) is 3.44. The zero-order valence-electron chi connectivity index (χ0n) is 19.2. The summed E-state index contributed by atoms with van der Waals surface area (Å²) in [5.74, 6) is -1.42. The van der Waals surface area contributed by atoms with Crippen molar-refractivity contribution in [2.45, 2.75) is 6.42 Å². The van der Waals surface area contributed by atoms with Crippen LogP contribution in [-0.4, -0.2) is 38.9 Å². The van der Waals surface area contributed by atoms with E-state index < -0.39 is 11.6 Å². The molecule has 0 fully saturated rings. The molecule has 8 heteroatoms. The topological polar surface area (TPSA) is 61.4 Å². The summed E-state index contributed by atoms with van der Waals surface area (Å²) in [5.41, 5.74) is 5.89. The standard InChI is InChI=1S/C27H22F2N4O2/c1-32-14-21(12-30-32)18-3-6-27-25(13-31-33(27)15-18)20-8-17(9-23(34)16-35-2)7-19(10-20)24-5-4-22(28)11-26(24)29/h3-8,10-15H,9,16H2,1-2H3. The molecule has 0 spiro atoms. The summed E-state index contributed by atoms with van der Waals surface area (Å²) in [6, 6.07) is 12.9. The predicted molar refractivity (Wildman–Crippen MR) is 129 cm³/mol. The number of Topliss-reactive ketones (excluding diaryl/α,β-unsaturated/α-hetero) is 1. The second kappa shape index (κ2) is 9.23. The number of rotatable bonds is 7. The predicted octanol–water partition coefficient (Wildman–Crippen LogP) is 5.11. The minimum Gasteiger partial charge on any atom is -0.377 e. The number of hydrogen-bond acceptors (Lipinski definition) is 4. The number of fused-ring (bicyclic) bond motifs is 1. The summed E-state index contributed by atoms with van der Waals surface area (Å²) in [6.07, 6.45) is 7.50. The molecule has 0 radical (unpaired) electrons. The van der Waals surface area contributed by atoms with Gasteiger partial charge in [-0.3, -0.25) is 9.48 Å². The molecule has 6 nitrogen and oxygen atoms in total. The van der Waals surface area contributed by atoms with Crippen LogP contribution in [0.3, 0.4) is 0 Å². The highest BCUT2D eigenvalue weighted by Crippen LogP contribution is 2.33. The zero-order valence-corrected chi connectivity index (χ0v) is 19.2.